The van der Waals surface area contributed by atoms with Gasteiger partial charge in [0.25, 0.3) is 0 Å². The summed E-state index contributed by atoms with van der Waals surface area (Å²) >= 11 is 4.33. The van der Waals surface area contributed by atoms with Crippen LogP contribution < -0.4 is 0 Å². The number of thiol groups is 1. The topological polar surface area (TPSA) is 9.23 Å². The third-order valence-corrected chi connectivity index (χ3v) is 2.09. The van der Waals surface area contributed by atoms with Gasteiger partial charge in [-0.1, -0.05) is 6.92 Å². The molecule has 2 unspecified atom stereocenters. The molecule has 10 heavy (non-hydrogen) atoms. The Bertz CT molecular complexity index is 87.3. The standard InChI is InChI=1S/C8H16OS/c1-7(10)6-8-4-2-3-5-9-8/h7-8,10H,2-6H2,1H3. The Morgan fingerprint density at radius 1 is 1.60 bits per heavy atom. The van der Waals surface area contributed by atoms with Crippen molar-refractivity contribution in [1.29, 1.82) is 0 Å². The van der Waals surface area contributed by atoms with Gasteiger partial charge in [0.05, 0.1) is 6.10 Å². The first-order valence-corrected chi connectivity index (χ1v) is 4.60. The van der Waals surface area contributed by atoms with Gasteiger partial charge in [0.1, 0.15) is 0 Å². The van der Waals surface area contributed by atoms with E-state index in [9.17, 15) is 0 Å². The smallest absolute Gasteiger partial charge is 0.0585 e. The lowest BCUT2D eigenvalue weighted by molar-refractivity contribution is 0.0119. The van der Waals surface area contributed by atoms with E-state index in [0.29, 0.717) is 11.4 Å². The van der Waals surface area contributed by atoms with E-state index in [-0.39, 0.29) is 0 Å². The second-order valence-corrected chi connectivity index (χ2v) is 3.95. The van der Waals surface area contributed by atoms with Crippen molar-refractivity contribution in [2.75, 3.05) is 6.61 Å². The van der Waals surface area contributed by atoms with Gasteiger partial charge >= 0.3 is 0 Å². The van der Waals surface area contributed by atoms with E-state index in [1.807, 2.05) is 0 Å². The monoisotopic (exact) mass is 160 g/mol. The fourth-order valence-corrected chi connectivity index (χ4v) is 1.61. The minimum atomic E-state index is 0.489. The maximum atomic E-state index is 5.54. The molecule has 0 N–H and O–H groups in total. The largest absolute Gasteiger partial charge is 0.378 e. The Kier molecular flexibility index (Phi) is 3.57. The van der Waals surface area contributed by atoms with Gasteiger partial charge < -0.3 is 4.74 Å². The Labute approximate surface area is 68.6 Å². The molecule has 0 radical (unpaired) electrons. The number of ether oxygens (including phenoxy) is 1. The lowest BCUT2D eigenvalue weighted by Crippen LogP contribution is -2.21. The van der Waals surface area contributed by atoms with Crippen LogP contribution in [-0.4, -0.2) is 18.0 Å². The van der Waals surface area contributed by atoms with E-state index in [1.165, 1.54) is 19.3 Å². The second-order valence-electron chi connectivity index (χ2n) is 3.07. The van der Waals surface area contributed by atoms with Gasteiger partial charge in [-0.15, -0.1) is 0 Å². The molecule has 0 aromatic carbocycles. The maximum Gasteiger partial charge on any atom is 0.0585 e. The van der Waals surface area contributed by atoms with Crippen molar-refractivity contribution in [1.82, 2.24) is 0 Å². The average molecular weight is 160 g/mol. The molecule has 0 saturated carbocycles. The molecule has 2 atom stereocenters. The number of hydrogen-bond acceptors (Lipinski definition) is 2. The average Bonchev–Trinajstić information content (AvgIpc) is 1.88. The molecule has 1 nitrogen and oxygen atoms in total. The predicted molar refractivity (Wildman–Crippen MR) is 46.7 cm³/mol. The van der Waals surface area contributed by atoms with Crippen molar-refractivity contribution >= 4 is 12.6 Å². The van der Waals surface area contributed by atoms with Crippen LogP contribution in [0.2, 0.25) is 0 Å². The van der Waals surface area contributed by atoms with E-state index in [2.05, 4.69) is 19.6 Å². The second kappa shape index (κ2) is 4.24. The summed E-state index contributed by atoms with van der Waals surface area (Å²) in [5.74, 6) is 0. The molecule has 1 fully saturated rings. The van der Waals surface area contributed by atoms with Crippen LogP contribution in [0.4, 0.5) is 0 Å². The van der Waals surface area contributed by atoms with Gasteiger partial charge in [0, 0.05) is 11.9 Å². The summed E-state index contributed by atoms with van der Waals surface area (Å²) in [6.07, 6.45) is 5.44. The van der Waals surface area contributed by atoms with Crippen LogP contribution in [0.15, 0.2) is 0 Å². The highest BCUT2D eigenvalue weighted by Gasteiger charge is 2.14. The van der Waals surface area contributed by atoms with E-state index >= 15 is 0 Å². The fourth-order valence-electron chi connectivity index (χ4n) is 1.37. The zero-order valence-electron chi connectivity index (χ0n) is 6.55. The van der Waals surface area contributed by atoms with Crippen molar-refractivity contribution in [3.05, 3.63) is 0 Å². The third kappa shape index (κ3) is 2.93. The normalized spacial score (nSPS) is 30.0. The van der Waals surface area contributed by atoms with E-state index in [4.69, 9.17) is 4.74 Å². The highest BCUT2D eigenvalue weighted by Crippen LogP contribution is 2.18. The molecule has 1 rings (SSSR count). The van der Waals surface area contributed by atoms with Crippen LogP contribution in [-0.2, 0) is 4.74 Å². The van der Waals surface area contributed by atoms with Crippen LogP contribution in [0.25, 0.3) is 0 Å². The first kappa shape index (κ1) is 8.41. The summed E-state index contributed by atoms with van der Waals surface area (Å²) in [7, 11) is 0. The van der Waals surface area contributed by atoms with Crippen molar-refractivity contribution in [3.63, 3.8) is 0 Å². The molecule has 1 saturated heterocycles. The summed E-state index contributed by atoms with van der Waals surface area (Å²) < 4.78 is 5.54. The van der Waals surface area contributed by atoms with Crippen LogP contribution in [0.5, 0.6) is 0 Å². The van der Waals surface area contributed by atoms with Gasteiger partial charge in [-0.25, -0.2) is 0 Å². The predicted octanol–water partition coefficient (Wildman–Crippen LogP) is 2.26. The van der Waals surface area contributed by atoms with E-state index < -0.39 is 0 Å². The van der Waals surface area contributed by atoms with Gasteiger partial charge in [0.2, 0.25) is 0 Å². The number of rotatable bonds is 2. The Morgan fingerprint density at radius 2 is 2.40 bits per heavy atom. The first-order chi connectivity index (χ1) is 4.79. The molecular weight excluding hydrogens is 144 g/mol. The van der Waals surface area contributed by atoms with Gasteiger partial charge in [0.15, 0.2) is 0 Å². The van der Waals surface area contributed by atoms with Crippen LogP contribution >= 0.6 is 12.6 Å². The van der Waals surface area contributed by atoms with Crippen molar-refractivity contribution in [3.8, 4) is 0 Å². The van der Waals surface area contributed by atoms with Crippen LogP contribution in [0, 0.1) is 0 Å². The highest BCUT2D eigenvalue weighted by molar-refractivity contribution is 7.80. The zero-order valence-corrected chi connectivity index (χ0v) is 7.44. The summed E-state index contributed by atoms with van der Waals surface area (Å²) in [6.45, 7) is 3.09. The lowest BCUT2D eigenvalue weighted by Gasteiger charge is -2.23. The number of hydrogen-bond donors (Lipinski definition) is 1. The van der Waals surface area contributed by atoms with Crippen molar-refractivity contribution in [2.24, 2.45) is 0 Å². The fraction of sp³-hybridized carbons (Fsp3) is 1.00. The molecule has 0 bridgehead atoms. The van der Waals surface area contributed by atoms with Gasteiger partial charge in [-0.05, 0) is 25.7 Å². The molecule has 2 heteroatoms. The summed E-state index contributed by atoms with van der Waals surface area (Å²) in [4.78, 5) is 0. The van der Waals surface area contributed by atoms with E-state index in [1.54, 1.807) is 0 Å². The molecule has 0 aliphatic carbocycles. The third-order valence-electron chi connectivity index (χ3n) is 1.88. The minimum absolute atomic E-state index is 0.489. The van der Waals surface area contributed by atoms with Gasteiger partial charge in [-0.2, -0.15) is 12.6 Å². The molecule has 60 valence electrons. The molecule has 0 amide bonds. The first-order valence-electron chi connectivity index (χ1n) is 4.08. The molecule has 0 aromatic rings. The lowest BCUT2D eigenvalue weighted by atomic mass is 10.1. The van der Waals surface area contributed by atoms with Crippen molar-refractivity contribution < 1.29 is 4.74 Å². The SMILES string of the molecule is CC(S)CC1CCCCO1. The summed E-state index contributed by atoms with van der Waals surface area (Å²) in [6, 6.07) is 0. The summed E-state index contributed by atoms with van der Waals surface area (Å²) in [5.41, 5.74) is 0. The van der Waals surface area contributed by atoms with Crippen LogP contribution in [0.3, 0.4) is 0 Å². The molecular formula is C8H16OS. The van der Waals surface area contributed by atoms with Crippen LogP contribution in [0.1, 0.15) is 32.6 Å². The quantitative estimate of drug-likeness (QED) is 0.610. The molecule has 0 aromatic heterocycles. The molecule has 0 spiro atoms. The minimum Gasteiger partial charge on any atom is -0.378 e. The maximum absolute atomic E-state index is 5.54. The molecule has 1 heterocycles. The Morgan fingerprint density at radius 3 is 2.90 bits per heavy atom. The Balaban J connectivity index is 2.13. The zero-order chi connectivity index (χ0) is 7.40. The van der Waals surface area contributed by atoms with Gasteiger partial charge in [-0.3, -0.25) is 0 Å². The Hall–Kier alpha value is 0.310. The molecule has 1 aliphatic heterocycles. The van der Waals surface area contributed by atoms with Crippen molar-refractivity contribution in [2.45, 2.75) is 44.0 Å². The molecule has 1 aliphatic rings. The van der Waals surface area contributed by atoms with E-state index in [0.717, 1.165) is 13.0 Å². The highest BCUT2D eigenvalue weighted by atomic mass is 32.1. The summed E-state index contributed by atoms with van der Waals surface area (Å²) in [5, 5.41) is 0.489.